The highest BCUT2D eigenvalue weighted by Crippen LogP contribution is 2.33. The van der Waals surface area contributed by atoms with Gasteiger partial charge >= 0.3 is 11.7 Å². The van der Waals surface area contributed by atoms with Crippen LogP contribution in [0.1, 0.15) is 60.1 Å². The molecule has 0 saturated carbocycles. The van der Waals surface area contributed by atoms with Crippen molar-refractivity contribution in [1.82, 2.24) is 14.5 Å². The lowest BCUT2D eigenvalue weighted by molar-refractivity contribution is -0.123. The molecular formula is C27H31FN4O7S. The van der Waals surface area contributed by atoms with Crippen molar-refractivity contribution >= 4 is 33.4 Å². The molecule has 0 aliphatic rings. The van der Waals surface area contributed by atoms with Crippen molar-refractivity contribution in [3.8, 4) is 11.8 Å². The largest absolute Gasteiger partial charge is 0.496 e. The van der Waals surface area contributed by atoms with Crippen LogP contribution in [-0.2, 0) is 20.8 Å². The molecule has 40 heavy (non-hydrogen) atoms. The number of rotatable bonds is 12. The van der Waals surface area contributed by atoms with Gasteiger partial charge in [-0.05, 0) is 51.5 Å². The molecule has 2 heterocycles. The Morgan fingerprint density at radius 1 is 1.25 bits per heavy atom. The maximum Gasteiger partial charge on any atom is 0.348 e. The minimum absolute atomic E-state index is 0.0251. The molecule has 0 radical (unpaired) electrons. The number of hydrogen-bond acceptors (Lipinski definition) is 9. The van der Waals surface area contributed by atoms with E-state index >= 15 is 0 Å². The van der Waals surface area contributed by atoms with Gasteiger partial charge in [-0.15, -0.1) is 11.3 Å². The third-order valence-corrected chi connectivity index (χ3v) is 7.54. The molecule has 3 rings (SSSR count). The predicted molar refractivity (Wildman–Crippen MR) is 146 cm³/mol. The minimum atomic E-state index is -1.18. The fraction of sp³-hybridized carbons (Fsp3) is 0.444. The van der Waals surface area contributed by atoms with Crippen LogP contribution in [0.2, 0.25) is 0 Å². The summed E-state index contributed by atoms with van der Waals surface area (Å²) < 4.78 is 32.9. The number of esters is 1. The summed E-state index contributed by atoms with van der Waals surface area (Å²) in [5, 5.41) is 11.7. The molecule has 13 heteroatoms. The van der Waals surface area contributed by atoms with E-state index in [0.717, 1.165) is 15.9 Å². The second-order valence-electron chi connectivity index (χ2n) is 8.75. The Balaban J connectivity index is 2.34. The van der Waals surface area contributed by atoms with E-state index in [1.54, 1.807) is 20.8 Å². The van der Waals surface area contributed by atoms with Gasteiger partial charge in [-0.25, -0.2) is 18.5 Å². The molecule has 1 aromatic carbocycles. The van der Waals surface area contributed by atoms with Gasteiger partial charge in [0.25, 0.3) is 5.56 Å². The Bertz CT molecular complexity index is 1570. The molecule has 214 valence electrons. The van der Waals surface area contributed by atoms with Gasteiger partial charge in [-0.1, -0.05) is 0 Å². The Hall–Kier alpha value is -4.02. The van der Waals surface area contributed by atoms with Gasteiger partial charge in [-0.2, -0.15) is 5.26 Å². The predicted octanol–water partition coefficient (Wildman–Crippen LogP) is 3.23. The molecule has 0 aliphatic carbocycles. The number of ether oxygens (including phenoxy) is 3. The number of nitriles is 1. The number of aromatic nitrogens is 2. The number of likely N-dealkylation sites (N-methyl/N-ethyl adjacent to an activating group) is 1. The molecule has 1 amide bonds. The lowest BCUT2D eigenvalue weighted by Gasteiger charge is -2.23. The monoisotopic (exact) mass is 574 g/mol. The summed E-state index contributed by atoms with van der Waals surface area (Å²) in [6, 6.07) is 4.62. The van der Waals surface area contributed by atoms with Gasteiger partial charge in [0.2, 0.25) is 5.91 Å². The van der Waals surface area contributed by atoms with Crippen molar-refractivity contribution in [2.45, 2.75) is 52.8 Å². The quantitative estimate of drug-likeness (QED) is 0.257. The number of amides is 1. The summed E-state index contributed by atoms with van der Waals surface area (Å²) in [7, 11) is 1.40. The summed E-state index contributed by atoms with van der Waals surface area (Å²) in [6.45, 7) is 6.45. The van der Waals surface area contributed by atoms with Gasteiger partial charge in [0.1, 0.15) is 33.4 Å². The first kappa shape index (κ1) is 30.5. The van der Waals surface area contributed by atoms with Crippen LogP contribution in [-0.4, -0.2) is 47.9 Å². The fourth-order valence-corrected chi connectivity index (χ4v) is 5.50. The number of benzene rings is 1. The van der Waals surface area contributed by atoms with E-state index in [4.69, 9.17) is 19.5 Å². The van der Waals surface area contributed by atoms with E-state index in [0.29, 0.717) is 5.56 Å². The van der Waals surface area contributed by atoms with Crippen LogP contribution in [0, 0.1) is 24.1 Å². The number of halogens is 1. The number of carbonyl (C=O) groups excluding carboxylic acids is 2. The van der Waals surface area contributed by atoms with Crippen LogP contribution < -0.4 is 21.3 Å². The molecule has 0 spiro atoms. The Labute approximate surface area is 233 Å². The van der Waals surface area contributed by atoms with Crippen LogP contribution in [0.15, 0.2) is 27.8 Å². The minimum Gasteiger partial charge on any atom is -0.496 e. The van der Waals surface area contributed by atoms with Gasteiger partial charge in [0.05, 0.1) is 44.7 Å². The molecule has 3 aromatic rings. The molecule has 2 aromatic heterocycles. The maximum absolute atomic E-state index is 14.3. The van der Waals surface area contributed by atoms with Crippen LogP contribution in [0.4, 0.5) is 4.39 Å². The Morgan fingerprint density at radius 2 is 1.98 bits per heavy atom. The first-order valence-electron chi connectivity index (χ1n) is 12.7. The average molecular weight is 575 g/mol. The van der Waals surface area contributed by atoms with Crippen LogP contribution in [0.5, 0.6) is 5.75 Å². The first-order valence-corrected chi connectivity index (χ1v) is 13.5. The second-order valence-corrected chi connectivity index (χ2v) is 9.75. The number of carbonyl (C=O) groups is 2. The van der Waals surface area contributed by atoms with Crippen molar-refractivity contribution in [3.05, 3.63) is 60.9 Å². The SMILES string of the molecule is CCNC(=O)C(C)n1c(=O)c2c(C)c(C(=O)OCC)sc2n(C[C@H](OCCC#N)c2cc(F)ccc2OC)c1=O. The van der Waals surface area contributed by atoms with Crippen LogP contribution in [0.25, 0.3) is 10.2 Å². The molecule has 0 fully saturated rings. The first-order chi connectivity index (χ1) is 19.1. The van der Waals surface area contributed by atoms with Crippen molar-refractivity contribution < 1.29 is 28.2 Å². The molecular weight excluding hydrogens is 543 g/mol. The van der Waals surface area contributed by atoms with E-state index < -0.39 is 41.1 Å². The number of aryl methyl sites for hydroxylation is 1. The van der Waals surface area contributed by atoms with Crippen molar-refractivity contribution in [2.24, 2.45) is 0 Å². The standard InChI is InChI=1S/C27H31FN4O7S/c1-6-30-23(33)16(4)32-24(34)21-15(3)22(26(35)38-7-2)40-25(21)31(27(32)36)14-20(39-12-8-11-29)18-13-17(28)9-10-19(18)37-5/h9-10,13,16,20H,6-8,12,14H2,1-5H3,(H,30,33)/t16?,20-/m0/s1. The number of fused-ring (bicyclic) bond motifs is 1. The van der Waals surface area contributed by atoms with E-state index in [-0.39, 0.29) is 59.1 Å². The van der Waals surface area contributed by atoms with Crippen molar-refractivity contribution in [3.63, 3.8) is 0 Å². The lowest BCUT2D eigenvalue weighted by atomic mass is 10.1. The van der Waals surface area contributed by atoms with Gasteiger partial charge in [0, 0.05) is 12.1 Å². The average Bonchev–Trinajstić information content (AvgIpc) is 3.27. The van der Waals surface area contributed by atoms with E-state index in [1.807, 2.05) is 6.07 Å². The van der Waals surface area contributed by atoms with E-state index in [9.17, 15) is 23.6 Å². The zero-order valence-corrected chi connectivity index (χ0v) is 23.7. The Kier molecular flexibility index (Phi) is 10.2. The third kappa shape index (κ3) is 6.08. The smallest absolute Gasteiger partial charge is 0.348 e. The number of nitrogens with zero attached hydrogens (tertiary/aromatic N) is 3. The third-order valence-electron chi connectivity index (χ3n) is 6.24. The highest BCUT2D eigenvalue weighted by Gasteiger charge is 2.29. The number of nitrogens with one attached hydrogen (secondary N) is 1. The molecule has 1 N–H and O–H groups in total. The highest BCUT2D eigenvalue weighted by molar-refractivity contribution is 7.20. The molecule has 2 atom stereocenters. The summed E-state index contributed by atoms with van der Waals surface area (Å²) in [5.74, 6) is -1.49. The fourth-order valence-electron chi connectivity index (χ4n) is 4.31. The molecule has 0 bridgehead atoms. The van der Waals surface area contributed by atoms with Gasteiger partial charge in [0.15, 0.2) is 0 Å². The summed E-state index contributed by atoms with van der Waals surface area (Å²) >= 11 is 0.906. The number of hydrogen-bond donors (Lipinski definition) is 1. The van der Waals surface area contributed by atoms with Crippen LogP contribution >= 0.6 is 11.3 Å². The lowest BCUT2D eigenvalue weighted by Crippen LogP contribution is -2.46. The summed E-state index contributed by atoms with van der Waals surface area (Å²) in [6.07, 6.45) is -0.976. The van der Waals surface area contributed by atoms with Crippen molar-refractivity contribution in [2.75, 3.05) is 26.9 Å². The summed E-state index contributed by atoms with van der Waals surface area (Å²) in [5.41, 5.74) is -0.977. The van der Waals surface area contributed by atoms with Gasteiger partial charge < -0.3 is 19.5 Å². The summed E-state index contributed by atoms with van der Waals surface area (Å²) in [4.78, 5) is 53.3. The maximum atomic E-state index is 14.3. The molecule has 11 nitrogen and oxygen atoms in total. The molecule has 1 unspecified atom stereocenters. The second kappa shape index (κ2) is 13.4. The topological polar surface area (TPSA) is 142 Å². The zero-order chi connectivity index (χ0) is 29.6. The number of methoxy groups -OCH3 is 1. The van der Waals surface area contributed by atoms with E-state index in [1.165, 1.54) is 36.8 Å². The van der Waals surface area contributed by atoms with Gasteiger partial charge in [-0.3, -0.25) is 14.2 Å². The highest BCUT2D eigenvalue weighted by atomic mass is 32.1. The zero-order valence-electron chi connectivity index (χ0n) is 22.9. The Morgan fingerprint density at radius 3 is 2.60 bits per heavy atom. The normalized spacial score (nSPS) is 12.5. The van der Waals surface area contributed by atoms with E-state index in [2.05, 4.69) is 5.32 Å². The number of thiophene rings is 1. The molecule has 0 saturated heterocycles. The van der Waals surface area contributed by atoms with Crippen molar-refractivity contribution in [1.29, 1.82) is 5.26 Å². The van der Waals surface area contributed by atoms with Crippen LogP contribution in [0.3, 0.4) is 0 Å². The molecule has 0 aliphatic heterocycles.